The Hall–Kier alpha value is -0.530. The van der Waals surface area contributed by atoms with Crippen LogP contribution >= 0.6 is 0 Å². The molecule has 270 valence electrons. The SMILES string of the molecule is CCCCCCCCCCCCCCCCCCCCCCCCCCCCCC(=O)OCCCCCCCCCCCCC. The van der Waals surface area contributed by atoms with Gasteiger partial charge in [-0.2, -0.15) is 0 Å². The van der Waals surface area contributed by atoms with Gasteiger partial charge in [-0.1, -0.05) is 245 Å². The standard InChI is InChI=1S/C43H86O2/c1-3-5-7-9-11-13-15-16-17-18-19-20-21-22-23-24-25-26-27-28-29-30-31-33-35-37-39-41-43(44)45-42-40-38-36-34-32-14-12-10-8-6-4-2/h3-42H2,1-2H3. The highest BCUT2D eigenvalue weighted by molar-refractivity contribution is 5.69. The average Bonchev–Trinajstić information content (AvgIpc) is 3.05. The van der Waals surface area contributed by atoms with Gasteiger partial charge in [-0.15, -0.1) is 0 Å². The lowest BCUT2D eigenvalue weighted by molar-refractivity contribution is -0.143. The van der Waals surface area contributed by atoms with Gasteiger partial charge in [0.05, 0.1) is 6.61 Å². The van der Waals surface area contributed by atoms with Crippen LogP contribution in [-0.2, 0) is 9.53 Å². The highest BCUT2D eigenvalue weighted by atomic mass is 16.5. The summed E-state index contributed by atoms with van der Waals surface area (Å²) in [6.07, 6.45) is 53.5. The summed E-state index contributed by atoms with van der Waals surface area (Å²) >= 11 is 0. The molecule has 0 aromatic heterocycles. The van der Waals surface area contributed by atoms with Crippen LogP contribution in [0.15, 0.2) is 0 Å². The van der Waals surface area contributed by atoms with Crippen molar-refractivity contribution >= 4 is 5.97 Å². The molecule has 0 atom stereocenters. The molecule has 0 spiro atoms. The molecule has 0 rings (SSSR count). The zero-order valence-electron chi connectivity index (χ0n) is 31.6. The zero-order valence-corrected chi connectivity index (χ0v) is 31.6. The van der Waals surface area contributed by atoms with Crippen molar-refractivity contribution in [2.75, 3.05) is 6.61 Å². The smallest absolute Gasteiger partial charge is 0.305 e. The van der Waals surface area contributed by atoms with Gasteiger partial charge in [0.25, 0.3) is 0 Å². The zero-order chi connectivity index (χ0) is 32.6. The van der Waals surface area contributed by atoms with Crippen LogP contribution in [0.25, 0.3) is 0 Å². The second-order valence-corrected chi connectivity index (χ2v) is 14.7. The predicted molar refractivity (Wildman–Crippen MR) is 202 cm³/mol. The summed E-state index contributed by atoms with van der Waals surface area (Å²) in [4.78, 5) is 11.9. The van der Waals surface area contributed by atoms with Gasteiger partial charge < -0.3 is 4.74 Å². The molecule has 0 aromatic rings. The second kappa shape index (κ2) is 41.5. The van der Waals surface area contributed by atoms with Crippen molar-refractivity contribution in [3.63, 3.8) is 0 Å². The van der Waals surface area contributed by atoms with Gasteiger partial charge >= 0.3 is 5.97 Å². The van der Waals surface area contributed by atoms with E-state index in [0.717, 1.165) is 12.8 Å². The minimum Gasteiger partial charge on any atom is -0.466 e. The molecule has 0 bridgehead atoms. The maximum Gasteiger partial charge on any atom is 0.305 e. The lowest BCUT2D eigenvalue weighted by Gasteiger charge is -2.06. The fraction of sp³-hybridized carbons (Fsp3) is 0.977. The van der Waals surface area contributed by atoms with Crippen LogP contribution in [-0.4, -0.2) is 12.6 Å². The van der Waals surface area contributed by atoms with Crippen LogP contribution in [0, 0.1) is 0 Å². The fourth-order valence-corrected chi connectivity index (χ4v) is 6.79. The van der Waals surface area contributed by atoms with Crippen molar-refractivity contribution in [1.82, 2.24) is 0 Å². The number of rotatable bonds is 40. The Labute approximate surface area is 285 Å². The molecular weight excluding hydrogens is 548 g/mol. The molecule has 0 unspecified atom stereocenters. The van der Waals surface area contributed by atoms with Gasteiger partial charge in [-0.25, -0.2) is 0 Å². The average molecular weight is 635 g/mol. The van der Waals surface area contributed by atoms with Crippen LogP contribution in [0.4, 0.5) is 0 Å². The van der Waals surface area contributed by atoms with E-state index in [2.05, 4.69) is 13.8 Å². The van der Waals surface area contributed by atoms with Crippen molar-refractivity contribution in [3.8, 4) is 0 Å². The third-order valence-corrected chi connectivity index (χ3v) is 10.00. The van der Waals surface area contributed by atoms with E-state index >= 15 is 0 Å². The lowest BCUT2D eigenvalue weighted by Crippen LogP contribution is -2.05. The predicted octanol–water partition coefficient (Wildman–Crippen LogP) is 15.8. The number of hydrogen-bond donors (Lipinski definition) is 0. The quantitative estimate of drug-likeness (QED) is 0.0495. The fourth-order valence-electron chi connectivity index (χ4n) is 6.79. The van der Waals surface area contributed by atoms with E-state index in [9.17, 15) is 4.79 Å². The molecule has 0 amide bonds. The Morgan fingerprint density at radius 1 is 0.289 bits per heavy atom. The Balaban J connectivity index is 3.12. The third kappa shape index (κ3) is 41.4. The molecule has 0 heterocycles. The van der Waals surface area contributed by atoms with Crippen LogP contribution in [0.3, 0.4) is 0 Å². The van der Waals surface area contributed by atoms with Crippen molar-refractivity contribution in [3.05, 3.63) is 0 Å². The summed E-state index contributed by atoms with van der Waals surface area (Å²) in [5.74, 6) is 0.0293. The minimum absolute atomic E-state index is 0.0293. The Morgan fingerprint density at radius 3 is 0.733 bits per heavy atom. The van der Waals surface area contributed by atoms with Crippen LogP contribution in [0.5, 0.6) is 0 Å². The van der Waals surface area contributed by atoms with Gasteiger partial charge in [0.15, 0.2) is 0 Å². The molecule has 0 aliphatic heterocycles. The van der Waals surface area contributed by atoms with Gasteiger partial charge in [-0.3, -0.25) is 4.79 Å². The first kappa shape index (κ1) is 44.5. The van der Waals surface area contributed by atoms with E-state index < -0.39 is 0 Å². The lowest BCUT2D eigenvalue weighted by atomic mass is 10.0. The van der Waals surface area contributed by atoms with Crippen molar-refractivity contribution in [2.45, 2.75) is 264 Å². The first-order valence-electron chi connectivity index (χ1n) is 21.5. The molecule has 45 heavy (non-hydrogen) atoms. The number of hydrogen-bond acceptors (Lipinski definition) is 2. The number of carbonyl (C=O) groups is 1. The summed E-state index contributed by atoms with van der Waals surface area (Å²) in [6, 6.07) is 0. The highest BCUT2D eigenvalue weighted by Crippen LogP contribution is 2.17. The van der Waals surface area contributed by atoms with E-state index in [1.54, 1.807) is 0 Å². The Morgan fingerprint density at radius 2 is 0.489 bits per heavy atom. The molecule has 0 fully saturated rings. The maximum atomic E-state index is 11.9. The molecule has 0 aliphatic rings. The summed E-state index contributed by atoms with van der Waals surface area (Å²) < 4.78 is 5.44. The summed E-state index contributed by atoms with van der Waals surface area (Å²) in [5, 5.41) is 0. The van der Waals surface area contributed by atoms with Gasteiger partial charge in [0.1, 0.15) is 0 Å². The Kier molecular flexibility index (Phi) is 41.0. The highest BCUT2D eigenvalue weighted by Gasteiger charge is 2.03. The topological polar surface area (TPSA) is 26.3 Å². The van der Waals surface area contributed by atoms with Crippen LogP contribution in [0.2, 0.25) is 0 Å². The van der Waals surface area contributed by atoms with Crippen molar-refractivity contribution in [1.29, 1.82) is 0 Å². The largest absolute Gasteiger partial charge is 0.466 e. The van der Waals surface area contributed by atoms with Crippen LogP contribution < -0.4 is 0 Å². The third-order valence-electron chi connectivity index (χ3n) is 10.00. The summed E-state index contributed by atoms with van der Waals surface area (Å²) in [5.41, 5.74) is 0. The maximum absolute atomic E-state index is 11.9. The number of carbonyl (C=O) groups excluding carboxylic acids is 1. The van der Waals surface area contributed by atoms with E-state index in [1.807, 2.05) is 0 Å². The van der Waals surface area contributed by atoms with E-state index in [0.29, 0.717) is 13.0 Å². The Bertz CT molecular complexity index is 530. The molecule has 0 N–H and O–H groups in total. The van der Waals surface area contributed by atoms with Crippen molar-refractivity contribution in [2.24, 2.45) is 0 Å². The number of ether oxygens (including phenoxy) is 1. The number of unbranched alkanes of at least 4 members (excludes halogenated alkanes) is 36. The molecule has 0 aliphatic carbocycles. The van der Waals surface area contributed by atoms with Gasteiger partial charge in [-0.05, 0) is 12.8 Å². The number of esters is 1. The second-order valence-electron chi connectivity index (χ2n) is 14.7. The molecule has 2 nitrogen and oxygen atoms in total. The van der Waals surface area contributed by atoms with Crippen molar-refractivity contribution < 1.29 is 9.53 Å². The van der Waals surface area contributed by atoms with Crippen LogP contribution in [0.1, 0.15) is 264 Å². The molecule has 0 saturated heterocycles. The summed E-state index contributed by atoms with van der Waals surface area (Å²) in [6.45, 7) is 5.22. The first-order chi connectivity index (χ1) is 22.3. The molecule has 2 heteroatoms. The first-order valence-corrected chi connectivity index (χ1v) is 21.5. The molecule has 0 radical (unpaired) electrons. The normalized spacial score (nSPS) is 11.4. The molecule has 0 saturated carbocycles. The molecule has 0 aromatic carbocycles. The molecular formula is C43H86O2. The van der Waals surface area contributed by atoms with Gasteiger partial charge in [0, 0.05) is 6.42 Å². The van der Waals surface area contributed by atoms with E-state index in [4.69, 9.17) is 4.74 Å². The van der Waals surface area contributed by atoms with E-state index in [-0.39, 0.29) is 5.97 Å². The monoisotopic (exact) mass is 635 g/mol. The van der Waals surface area contributed by atoms with E-state index in [1.165, 1.54) is 231 Å². The minimum atomic E-state index is 0.0293. The van der Waals surface area contributed by atoms with Gasteiger partial charge in [0.2, 0.25) is 0 Å². The summed E-state index contributed by atoms with van der Waals surface area (Å²) in [7, 11) is 0.